The molecule has 2 aliphatic heterocycles. The number of rotatable bonds is 4. The molecule has 2 heterocycles. The van der Waals surface area contributed by atoms with Gasteiger partial charge in [0.2, 0.25) is 0 Å². The topological polar surface area (TPSA) is 87.8 Å². The van der Waals surface area contributed by atoms with Gasteiger partial charge >= 0.3 is 0 Å². The Morgan fingerprint density at radius 2 is 2.07 bits per heavy atom. The van der Waals surface area contributed by atoms with Gasteiger partial charge in [-0.3, -0.25) is 14.9 Å². The SMILES string of the molecule is CC1=C(C(=O)Nc2ccc(Cl)cc2)C(c2cccc([N+](=O)[O-])c2)N2CCSC2=N1. The maximum atomic E-state index is 13.2. The third kappa shape index (κ3) is 3.86. The summed E-state index contributed by atoms with van der Waals surface area (Å²) in [6, 6.07) is 12.8. The van der Waals surface area contributed by atoms with Gasteiger partial charge in [-0.15, -0.1) is 0 Å². The van der Waals surface area contributed by atoms with Crippen LogP contribution in [-0.4, -0.2) is 33.2 Å². The number of nitrogens with one attached hydrogen (secondary N) is 1. The van der Waals surface area contributed by atoms with Crippen LogP contribution in [0.4, 0.5) is 11.4 Å². The molecular weight excluding hydrogens is 412 g/mol. The molecule has 7 nitrogen and oxygen atoms in total. The standard InChI is InChI=1S/C20H17ClN4O3S/c1-12-17(19(26)23-15-7-5-14(21)6-8-15)18(24-9-10-29-20(24)22-12)13-3-2-4-16(11-13)25(27)28/h2-8,11,18H,9-10H2,1H3,(H,23,26). The molecule has 1 atom stereocenters. The van der Waals surface area contributed by atoms with Gasteiger partial charge in [-0.05, 0) is 36.8 Å². The summed E-state index contributed by atoms with van der Waals surface area (Å²) in [6.45, 7) is 2.51. The number of allylic oxidation sites excluding steroid dienone is 1. The molecule has 2 aliphatic rings. The first kappa shape index (κ1) is 19.5. The molecule has 1 amide bonds. The van der Waals surface area contributed by atoms with Crippen LogP contribution in [0.5, 0.6) is 0 Å². The molecule has 0 aliphatic carbocycles. The van der Waals surface area contributed by atoms with E-state index in [1.165, 1.54) is 12.1 Å². The third-order valence-electron chi connectivity index (χ3n) is 4.79. The average molecular weight is 429 g/mol. The van der Waals surface area contributed by atoms with Crippen molar-refractivity contribution in [1.82, 2.24) is 4.90 Å². The molecular formula is C20H17ClN4O3S. The zero-order valence-electron chi connectivity index (χ0n) is 15.5. The van der Waals surface area contributed by atoms with Gasteiger partial charge in [-0.1, -0.05) is 35.5 Å². The smallest absolute Gasteiger partial charge is 0.269 e. The lowest BCUT2D eigenvalue weighted by atomic mass is 9.93. The number of thioether (sulfide) groups is 1. The number of benzene rings is 2. The lowest BCUT2D eigenvalue weighted by molar-refractivity contribution is -0.384. The minimum absolute atomic E-state index is 0.00600. The predicted molar refractivity (Wildman–Crippen MR) is 115 cm³/mol. The maximum absolute atomic E-state index is 13.2. The second kappa shape index (κ2) is 7.88. The van der Waals surface area contributed by atoms with Gasteiger partial charge in [0.25, 0.3) is 11.6 Å². The van der Waals surface area contributed by atoms with E-state index in [0.717, 1.165) is 10.9 Å². The third-order valence-corrected chi connectivity index (χ3v) is 6.01. The summed E-state index contributed by atoms with van der Waals surface area (Å²) >= 11 is 7.54. The molecule has 1 saturated heterocycles. The van der Waals surface area contributed by atoms with Crippen LogP contribution in [0, 0.1) is 10.1 Å². The fourth-order valence-corrected chi connectivity index (χ4v) is 4.64. The first-order valence-electron chi connectivity index (χ1n) is 8.94. The summed E-state index contributed by atoms with van der Waals surface area (Å²) in [5, 5.41) is 15.6. The predicted octanol–water partition coefficient (Wildman–Crippen LogP) is 4.62. The number of hydrogen-bond acceptors (Lipinski definition) is 6. The van der Waals surface area contributed by atoms with Crippen molar-refractivity contribution in [2.24, 2.45) is 4.99 Å². The number of nitrogens with zero attached hydrogens (tertiary/aromatic N) is 3. The summed E-state index contributed by atoms with van der Waals surface area (Å²) in [5.74, 6) is 0.560. The molecule has 0 bridgehead atoms. The number of halogens is 1. The number of amidine groups is 1. The molecule has 9 heteroatoms. The average Bonchev–Trinajstić information content (AvgIpc) is 3.16. The number of carbonyl (C=O) groups is 1. The molecule has 148 valence electrons. The Morgan fingerprint density at radius 3 is 2.79 bits per heavy atom. The van der Waals surface area contributed by atoms with Gasteiger partial charge in [-0.25, -0.2) is 4.99 Å². The van der Waals surface area contributed by atoms with E-state index < -0.39 is 11.0 Å². The van der Waals surface area contributed by atoms with Gasteiger partial charge in [-0.2, -0.15) is 0 Å². The fraction of sp³-hybridized carbons (Fsp3) is 0.200. The Kier molecular flexibility index (Phi) is 5.29. The van der Waals surface area contributed by atoms with Crippen molar-refractivity contribution < 1.29 is 9.72 Å². The first-order chi connectivity index (χ1) is 13.9. The van der Waals surface area contributed by atoms with Crippen molar-refractivity contribution in [2.75, 3.05) is 17.6 Å². The van der Waals surface area contributed by atoms with Gasteiger partial charge in [0.05, 0.1) is 22.2 Å². The lowest BCUT2D eigenvalue weighted by Crippen LogP contribution is -2.37. The highest BCUT2D eigenvalue weighted by Gasteiger charge is 2.38. The number of nitro groups is 1. The van der Waals surface area contributed by atoms with E-state index in [1.54, 1.807) is 49.0 Å². The number of carbonyl (C=O) groups excluding carboxylic acids is 1. The maximum Gasteiger partial charge on any atom is 0.269 e. The molecule has 1 fully saturated rings. The molecule has 0 spiro atoms. The van der Waals surface area contributed by atoms with Crippen molar-refractivity contribution in [1.29, 1.82) is 0 Å². The first-order valence-corrected chi connectivity index (χ1v) is 10.3. The van der Waals surface area contributed by atoms with Crippen molar-refractivity contribution in [3.05, 3.63) is 80.5 Å². The second-order valence-corrected chi connectivity index (χ2v) is 8.15. The molecule has 4 rings (SSSR count). The van der Waals surface area contributed by atoms with Crippen molar-refractivity contribution >= 4 is 45.8 Å². The van der Waals surface area contributed by atoms with E-state index >= 15 is 0 Å². The molecule has 0 radical (unpaired) electrons. The summed E-state index contributed by atoms with van der Waals surface area (Å²) in [7, 11) is 0. The number of non-ortho nitro benzene ring substituents is 1. The van der Waals surface area contributed by atoms with Crippen LogP contribution in [0.25, 0.3) is 0 Å². The van der Waals surface area contributed by atoms with Crippen molar-refractivity contribution in [3.63, 3.8) is 0 Å². The minimum Gasteiger partial charge on any atom is -0.339 e. The highest BCUT2D eigenvalue weighted by molar-refractivity contribution is 8.14. The highest BCUT2D eigenvalue weighted by atomic mass is 35.5. The van der Waals surface area contributed by atoms with Gasteiger partial charge < -0.3 is 10.2 Å². The van der Waals surface area contributed by atoms with E-state index in [1.807, 2.05) is 11.0 Å². The van der Waals surface area contributed by atoms with Crippen molar-refractivity contribution in [3.8, 4) is 0 Å². The van der Waals surface area contributed by atoms with Crippen LogP contribution in [0.3, 0.4) is 0 Å². The summed E-state index contributed by atoms with van der Waals surface area (Å²) in [4.78, 5) is 30.7. The fourth-order valence-electron chi connectivity index (χ4n) is 3.48. The van der Waals surface area contributed by atoms with Crippen LogP contribution in [0.2, 0.25) is 5.02 Å². The quantitative estimate of drug-likeness (QED) is 0.567. The zero-order valence-corrected chi connectivity index (χ0v) is 17.0. The van der Waals surface area contributed by atoms with Gasteiger partial charge in [0.1, 0.15) is 0 Å². The molecule has 1 unspecified atom stereocenters. The van der Waals surface area contributed by atoms with E-state index in [-0.39, 0.29) is 11.6 Å². The van der Waals surface area contributed by atoms with Crippen molar-refractivity contribution in [2.45, 2.75) is 13.0 Å². The number of amides is 1. The van der Waals surface area contributed by atoms with Gasteiger partial charge in [0.15, 0.2) is 5.17 Å². The van der Waals surface area contributed by atoms with E-state index in [0.29, 0.717) is 34.1 Å². The summed E-state index contributed by atoms with van der Waals surface area (Å²) in [5.41, 5.74) is 2.38. The molecule has 29 heavy (non-hydrogen) atoms. The highest BCUT2D eigenvalue weighted by Crippen LogP contribution is 2.41. The minimum atomic E-state index is -0.440. The lowest BCUT2D eigenvalue weighted by Gasteiger charge is -2.34. The summed E-state index contributed by atoms with van der Waals surface area (Å²) < 4.78 is 0. The normalized spacial score (nSPS) is 18.3. The van der Waals surface area contributed by atoms with Crippen LogP contribution in [0.1, 0.15) is 18.5 Å². The monoisotopic (exact) mass is 428 g/mol. The number of anilines is 1. The Hall–Kier alpha value is -2.84. The number of aliphatic imine (C=N–C) groups is 1. The van der Waals surface area contributed by atoms with E-state index in [4.69, 9.17) is 11.6 Å². The molecule has 2 aromatic carbocycles. The van der Waals surface area contributed by atoms with Crippen LogP contribution < -0.4 is 5.32 Å². The largest absolute Gasteiger partial charge is 0.339 e. The van der Waals surface area contributed by atoms with Crippen LogP contribution in [0.15, 0.2) is 64.8 Å². The zero-order chi connectivity index (χ0) is 20.5. The Balaban J connectivity index is 1.75. The Morgan fingerprint density at radius 1 is 1.31 bits per heavy atom. The Bertz CT molecular complexity index is 1050. The molecule has 0 saturated carbocycles. The second-order valence-electron chi connectivity index (χ2n) is 6.65. The molecule has 2 aromatic rings. The van der Waals surface area contributed by atoms with Crippen LogP contribution in [-0.2, 0) is 4.79 Å². The van der Waals surface area contributed by atoms with E-state index in [9.17, 15) is 14.9 Å². The molecule has 1 N–H and O–H groups in total. The number of nitro benzene ring substituents is 1. The number of fused-ring (bicyclic) bond motifs is 1. The Labute approximate surface area is 176 Å². The van der Waals surface area contributed by atoms with Gasteiger partial charge in [0, 0.05) is 35.1 Å². The van der Waals surface area contributed by atoms with E-state index in [2.05, 4.69) is 10.3 Å². The molecule has 0 aromatic heterocycles. The number of hydrogen-bond donors (Lipinski definition) is 1. The summed E-state index contributed by atoms with van der Waals surface area (Å²) in [6.07, 6.45) is 0. The van der Waals surface area contributed by atoms with Crippen LogP contribution >= 0.6 is 23.4 Å².